The van der Waals surface area contributed by atoms with Crippen molar-refractivity contribution in [3.05, 3.63) is 59.7 Å². The molecule has 4 heteroatoms. The highest BCUT2D eigenvalue weighted by molar-refractivity contribution is 5.82. The van der Waals surface area contributed by atoms with Crippen molar-refractivity contribution in [2.24, 2.45) is 10.2 Å². The summed E-state index contributed by atoms with van der Waals surface area (Å²) in [7, 11) is 0. The van der Waals surface area contributed by atoms with Gasteiger partial charge in [0.2, 0.25) is 0 Å². The number of nitrogens with zero attached hydrogens (tertiary/aromatic N) is 2. The minimum absolute atomic E-state index is 0.790. The molecule has 0 aromatic heterocycles. The van der Waals surface area contributed by atoms with Crippen LogP contribution in [0.3, 0.4) is 0 Å². The van der Waals surface area contributed by atoms with E-state index in [-0.39, 0.29) is 0 Å². The largest absolute Gasteiger partial charge is 0.494 e. The highest BCUT2D eigenvalue weighted by Gasteiger charge is 1.98. The summed E-state index contributed by atoms with van der Waals surface area (Å²) in [4.78, 5) is 0. The van der Waals surface area contributed by atoms with Crippen LogP contribution in [0.4, 0.5) is 0 Å². The van der Waals surface area contributed by atoms with E-state index < -0.39 is 0 Å². The quantitative estimate of drug-likeness (QED) is 0.0471. The van der Waals surface area contributed by atoms with Gasteiger partial charge in [0.25, 0.3) is 0 Å². The van der Waals surface area contributed by atoms with Crippen LogP contribution >= 0.6 is 0 Å². The molecule has 0 aliphatic rings. The van der Waals surface area contributed by atoms with Crippen LogP contribution in [-0.2, 0) is 0 Å². The molecule has 4 nitrogen and oxygen atoms in total. The van der Waals surface area contributed by atoms with Gasteiger partial charge in [0.05, 0.1) is 25.6 Å². The molecule has 0 aliphatic heterocycles. The van der Waals surface area contributed by atoms with Crippen molar-refractivity contribution in [2.75, 3.05) is 13.2 Å². The van der Waals surface area contributed by atoms with Gasteiger partial charge < -0.3 is 9.47 Å². The first-order valence-corrected chi connectivity index (χ1v) is 19.3. The third-order valence-corrected chi connectivity index (χ3v) is 8.77. The molecule has 0 fully saturated rings. The van der Waals surface area contributed by atoms with E-state index >= 15 is 0 Å². The van der Waals surface area contributed by atoms with Gasteiger partial charge in [-0.1, -0.05) is 155 Å². The second-order valence-corrected chi connectivity index (χ2v) is 13.1. The highest BCUT2D eigenvalue weighted by Crippen LogP contribution is 2.16. The first kappa shape index (κ1) is 39.6. The van der Waals surface area contributed by atoms with Crippen LogP contribution < -0.4 is 9.47 Å². The van der Waals surface area contributed by atoms with Crippen molar-refractivity contribution in [1.82, 2.24) is 0 Å². The second-order valence-electron chi connectivity index (χ2n) is 13.1. The molecule has 0 aliphatic carbocycles. The Morgan fingerprint density at radius 2 is 0.630 bits per heavy atom. The molecule has 2 aromatic carbocycles. The smallest absolute Gasteiger partial charge is 0.119 e. The van der Waals surface area contributed by atoms with Crippen LogP contribution in [0, 0.1) is 0 Å². The molecule has 258 valence electrons. The van der Waals surface area contributed by atoms with E-state index in [4.69, 9.17) is 9.47 Å². The first-order chi connectivity index (χ1) is 22.8. The van der Waals surface area contributed by atoms with E-state index in [1.165, 1.54) is 141 Å². The summed E-state index contributed by atoms with van der Waals surface area (Å²) in [5.41, 5.74) is 2.02. The molecule has 46 heavy (non-hydrogen) atoms. The van der Waals surface area contributed by atoms with E-state index in [0.29, 0.717) is 0 Å². The van der Waals surface area contributed by atoms with E-state index in [9.17, 15) is 0 Å². The van der Waals surface area contributed by atoms with Gasteiger partial charge in [0.1, 0.15) is 11.5 Å². The summed E-state index contributed by atoms with van der Waals surface area (Å²) in [5, 5.41) is 8.43. The van der Waals surface area contributed by atoms with Gasteiger partial charge in [-0.2, -0.15) is 10.2 Å². The fourth-order valence-corrected chi connectivity index (χ4v) is 5.77. The van der Waals surface area contributed by atoms with Crippen molar-refractivity contribution < 1.29 is 9.47 Å². The molecule has 0 atom stereocenters. The number of ether oxygens (including phenoxy) is 2. The molecular weight excluding hydrogens is 564 g/mol. The van der Waals surface area contributed by atoms with Gasteiger partial charge in [0.15, 0.2) is 0 Å². The normalized spacial score (nSPS) is 11.6. The lowest BCUT2D eigenvalue weighted by atomic mass is 10.1. The summed E-state index contributed by atoms with van der Waals surface area (Å²) in [6.07, 6.45) is 36.2. The molecular formula is C42H68N2O2. The highest BCUT2D eigenvalue weighted by atomic mass is 16.5. The molecule has 2 rings (SSSR count). The third kappa shape index (κ3) is 22.8. The molecule has 0 bridgehead atoms. The van der Waals surface area contributed by atoms with Crippen LogP contribution in [0.15, 0.2) is 58.7 Å². The zero-order chi connectivity index (χ0) is 32.6. The zero-order valence-electron chi connectivity index (χ0n) is 29.9. The predicted octanol–water partition coefficient (Wildman–Crippen LogP) is 13.3. The SMILES string of the molecule is CCCCCCCCCCCCCCOc1ccc(/C=N/N=C/c2ccc(OCCCCCCCCCCCCCC)cc2)cc1. The maximum absolute atomic E-state index is 5.93. The van der Waals surface area contributed by atoms with Crippen LogP contribution in [0.1, 0.15) is 179 Å². The topological polar surface area (TPSA) is 43.2 Å². The van der Waals surface area contributed by atoms with Crippen LogP contribution in [-0.4, -0.2) is 25.6 Å². The summed E-state index contributed by atoms with van der Waals surface area (Å²) >= 11 is 0. The van der Waals surface area contributed by atoms with E-state index in [0.717, 1.165) is 48.7 Å². The molecule has 0 spiro atoms. The van der Waals surface area contributed by atoms with Gasteiger partial charge in [-0.05, 0) is 72.5 Å². The van der Waals surface area contributed by atoms with Crippen LogP contribution in [0.5, 0.6) is 11.5 Å². The Kier molecular flexibility index (Phi) is 25.6. The van der Waals surface area contributed by atoms with E-state index in [1.807, 2.05) is 48.5 Å². The van der Waals surface area contributed by atoms with Gasteiger partial charge in [-0.15, -0.1) is 0 Å². The van der Waals surface area contributed by atoms with Crippen LogP contribution in [0.25, 0.3) is 0 Å². The number of unbranched alkanes of at least 4 members (excludes halogenated alkanes) is 22. The van der Waals surface area contributed by atoms with Gasteiger partial charge >= 0.3 is 0 Å². The number of benzene rings is 2. The van der Waals surface area contributed by atoms with Crippen molar-refractivity contribution in [3.8, 4) is 11.5 Å². The Labute approximate surface area is 283 Å². The van der Waals surface area contributed by atoms with Crippen molar-refractivity contribution >= 4 is 12.4 Å². The lowest BCUT2D eigenvalue weighted by Crippen LogP contribution is -1.97. The summed E-state index contributed by atoms with van der Waals surface area (Å²) in [6.45, 7) is 6.15. The predicted molar refractivity (Wildman–Crippen MR) is 201 cm³/mol. The van der Waals surface area contributed by atoms with Crippen molar-refractivity contribution in [3.63, 3.8) is 0 Å². The fourth-order valence-electron chi connectivity index (χ4n) is 5.77. The lowest BCUT2D eigenvalue weighted by Gasteiger charge is -2.06. The molecule has 0 saturated carbocycles. The average molecular weight is 633 g/mol. The van der Waals surface area contributed by atoms with Crippen LogP contribution in [0.2, 0.25) is 0 Å². The van der Waals surface area contributed by atoms with Crippen molar-refractivity contribution in [1.29, 1.82) is 0 Å². The molecule has 0 heterocycles. The minimum atomic E-state index is 0.790. The zero-order valence-corrected chi connectivity index (χ0v) is 29.9. The fraction of sp³-hybridized carbons (Fsp3) is 0.667. The molecule has 0 saturated heterocycles. The van der Waals surface area contributed by atoms with Gasteiger partial charge in [-0.25, -0.2) is 0 Å². The Hall–Kier alpha value is -2.62. The minimum Gasteiger partial charge on any atom is -0.494 e. The Bertz CT molecular complexity index is 902. The summed E-state index contributed by atoms with van der Waals surface area (Å²) < 4.78 is 11.9. The first-order valence-electron chi connectivity index (χ1n) is 19.3. The molecule has 0 radical (unpaired) electrons. The number of hydrogen-bond acceptors (Lipinski definition) is 4. The third-order valence-electron chi connectivity index (χ3n) is 8.77. The number of rotatable bonds is 31. The average Bonchev–Trinajstić information content (AvgIpc) is 3.08. The van der Waals surface area contributed by atoms with E-state index in [1.54, 1.807) is 12.4 Å². The monoisotopic (exact) mass is 633 g/mol. The van der Waals surface area contributed by atoms with Gasteiger partial charge in [0, 0.05) is 0 Å². The maximum Gasteiger partial charge on any atom is 0.119 e. The molecule has 0 N–H and O–H groups in total. The van der Waals surface area contributed by atoms with Crippen molar-refractivity contribution in [2.45, 2.75) is 168 Å². The summed E-state index contributed by atoms with van der Waals surface area (Å²) in [5.74, 6) is 1.84. The molecule has 0 amide bonds. The van der Waals surface area contributed by atoms with Gasteiger partial charge in [-0.3, -0.25) is 0 Å². The second kappa shape index (κ2) is 29.8. The summed E-state index contributed by atoms with van der Waals surface area (Å²) in [6, 6.07) is 16.2. The van der Waals surface area contributed by atoms with E-state index in [2.05, 4.69) is 24.1 Å². The Morgan fingerprint density at radius 3 is 0.913 bits per heavy atom. The Balaban J connectivity index is 1.45. The molecule has 2 aromatic rings. The lowest BCUT2D eigenvalue weighted by molar-refractivity contribution is 0.304. The standard InChI is InChI=1S/C42H68N2O2/c1-3-5-7-9-11-13-15-17-19-21-23-25-35-45-41-31-27-39(28-32-41)37-43-44-38-40-29-33-42(34-30-40)46-36-26-24-22-20-18-16-14-12-10-8-6-4-2/h27-34,37-38H,3-26,35-36H2,1-2H3/b43-37+,44-38+. The Morgan fingerprint density at radius 1 is 0.370 bits per heavy atom. The maximum atomic E-state index is 5.93. The molecule has 0 unspecified atom stereocenters. The number of hydrogen-bond donors (Lipinski definition) is 0.